The van der Waals surface area contributed by atoms with E-state index in [-0.39, 0.29) is 0 Å². The molecule has 0 aromatic carbocycles. The van der Waals surface area contributed by atoms with Gasteiger partial charge in [-0.15, -0.1) is 0 Å². The highest BCUT2D eigenvalue weighted by molar-refractivity contribution is 5.79. The molecule has 0 spiro atoms. The second-order valence-corrected chi connectivity index (χ2v) is 5.20. The maximum atomic E-state index is 6.13. The average Bonchev–Trinajstić information content (AvgIpc) is 3.21. The highest BCUT2D eigenvalue weighted by Gasteiger charge is 2.15. The maximum Gasteiger partial charge on any atom is 0.260 e. The molecule has 10 heteroatoms. The van der Waals surface area contributed by atoms with Crippen molar-refractivity contribution in [2.24, 2.45) is 0 Å². The van der Waals surface area contributed by atoms with Crippen LogP contribution in [0.4, 0.5) is 11.6 Å². The SMILES string of the molecule is Nc1c2[nH]cnc2nc[n+]1CCC[n+]1cnc2nc[nH]c2c1N. The van der Waals surface area contributed by atoms with Crippen LogP contribution in [0.1, 0.15) is 6.42 Å². The molecule has 0 aliphatic carbocycles. The van der Waals surface area contributed by atoms with Crippen molar-refractivity contribution >= 4 is 34.0 Å². The molecule has 6 N–H and O–H groups in total. The fourth-order valence-corrected chi connectivity index (χ4v) is 2.58. The molecular formula is C13H16N10+2. The zero-order valence-electron chi connectivity index (χ0n) is 12.3. The molecule has 4 aromatic heterocycles. The van der Waals surface area contributed by atoms with E-state index >= 15 is 0 Å². The topological polar surface area (TPSA) is 143 Å². The van der Waals surface area contributed by atoms with Crippen LogP contribution >= 0.6 is 0 Å². The van der Waals surface area contributed by atoms with Gasteiger partial charge in [0.1, 0.15) is 0 Å². The molecule has 0 radical (unpaired) electrons. The number of aromatic nitrogens is 8. The van der Waals surface area contributed by atoms with Gasteiger partial charge < -0.3 is 21.4 Å². The van der Waals surface area contributed by atoms with Gasteiger partial charge in [0, 0.05) is 6.42 Å². The summed E-state index contributed by atoms with van der Waals surface area (Å²) in [5, 5.41) is 0. The number of anilines is 2. The second kappa shape index (κ2) is 5.16. The minimum atomic E-state index is 0.617. The number of aryl methyl sites for hydroxylation is 2. The average molecular weight is 312 g/mol. The number of nitrogens with one attached hydrogen (secondary N) is 2. The fourth-order valence-electron chi connectivity index (χ4n) is 2.58. The lowest BCUT2D eigenvalue weighted by molar-refractivity contribution is -0.714. The van der Waals surface area contributed by atoms with E-state index in [1.807, 2.05) is 9.13 Å². The number of nitrogen functional groups attached to an aromatic ring is 2. The predicted octanol–water partition coefficient (Wildman–Crippen LogP) is -0.941. The molecule has 0 atom stereocenters. The van der Waals surface area contributed by atoms with Gasteiger partial charge >= 0.3 is 0 Å². The summed E-state index contributed by atoms with van der Waals surface area (Å²) in [4.78, 5) is 22.7. The van der Waals surface area contributed by atoms with E-state index < -0.39 is 0 Å². The van der Waals surface area contributed by atoms with Gasteiger partial charge in [-0.1, -0.05) is 9.97 Å². The molecule has 0 saturated carbocycles. The Hall–Kier alpha value is -3.30. The smallest absolute Gasteiger partial charge is 0.260 e. The van der Waals surface area contributed by atoms with Crippen molar-refractivity contribution in [1.29, 1.82) is 0 Å². The zero-order valence-corrected chi connectivity index (χ0v) is 12.3. The summed E-state index contributed by atoms with van der Waals surface area (Å²) in [6.45, 7) is 1.42. The van der Waals surface area contributed by atoms with E-state index in [0.29, 0.717) is 36.0 Å². The lowest BCUT2D eigenvalue weighted by Crippen LogP contribution is -2.42. The van der Waals surface area contributed by atoms with Crippen LogP contribution in [-0.4, -0.2) is 29.9 Å². The van der Waals surface area contributed by atoms with Gasteiger partial charge in [0.2, 0.25) is 24.3 Å². The molecule has 10 nitrogen and oxygen atoms in total. The molecule has 0 amide bonds. The van der Waals surface area contributed by atoms with Crippen LogP contribution in [-0.2, 0) is 13.1 Å². The fraction of sp³-hybridized carbons (Fsp3) is 0.231. The van der Waals surface area contributed by atoms with Crippen LogP contribution in [0, 0.1) is 0 Å². The minimum absolute atomic E-state index is 0.617. The van der Waals surface area contributed by atoms with E-state index in [1.54, 1.807) is 25.3 Å². The summed E-state index contributed by atoms with van der Waals surface area (Å²) >= 11 is 0. The van der Waals surface area contributed by atoms with Crippen molar-refractivity contribution in [3.05, 3.63) is 25.3 Å². The van der Waals surface area contributed by atoms with E-state index in [4.69, 9.17) is 11.5 Å². The van der Waals surface area contributed by atoms with Gasteiger partial charge in [0.15, 0.2) is 11.0 Å². The molecule has 23 heavy (non-hydrogen) atoms. The number of H-pyrrole nitrogens is 2. The Morgan fingerprint density at radius 3 is 1.74 bits per heavy atom. The molecule has 116 valence electrons. The Bertz CT molecular complexity index is 905. The Balaban J connectivity index is 1.51. The molecule has 4 rings (SSSR count). The van der Waals surface area contributed by atoms with Crippen molar-refractivity contribution in [2.45, 2.75) is 19.5 Å². The van der Waals surface area contributed by atoms with Crippen LogP contribution < -0.4 is 20.6 Å². The normalized spacial score (nSPS) is 11.5. The van der Waals surface area contributed by atoms with Crippen LogP contribution in [0.25, 0.3) is 22.3 Å². The third-order valence-electron chi connectivity index (χ3n) is 3.81. The van der Waals surface area contributed by atoms with Gasteiger partial charge in [-0.25, -0.2) is 19.1 Å². The van der Waals surface area contributed by atoms with E-state index in [0.717, 1.165) is 17.5 Å². The van der Waals surface area contributed by atoms with Crippen molar-refractivity contribution < 1.29 is 9.13 Å². The van der Waals surface area contributed by atoms with Crippen molar-refractivity contribution in [2.75, 3.05) is 11.5 Å². The first-order valence-corrected chi connectivity index (χ1v) is 7.18. The second-order valence-electron chi connectivity index (χ2n) is 5.20. The number of aromatic amines is 2. The third kappa shape index (κ3) is 2.20. The Labute approximate surface area is 130 Å². The molecule has 0 bridgehead atoms. The zero-order chi connectivity index (χ0) is 15.8. The minimum Gasteiger partial charge on any atom is -0.336 e. The third-order valence-corrected chi connectivity index (χ3v) is 3.81. The summed E-state index contributed by atoms with van der Waals surface area (Å²) in [5.41, 5.74) is 15.0. The first kappa shape index (κ1) is 13.4. The first-order valence-electron chi connectivity index (χ1n) is 7.18. The lowest BCUT2D eigenvalue weighted by Gasteiger charge is -2.05. The number of imidazole rings is 2. The summed E-state index contributed by atoms with van der Waals surface area (Å²) in [6.07, 6.45) is 7.39. The van der Waals surface area contributed by atoms with Crippen molar-refractivity contribution in [3.8, 4) is 0 Å². The number of nitrogens with two attached hydrogens (primary N) is 2. The van der Waals surface area contributed by atoms with Gasteiger partial charge in [0.25, 0.3) is 11.3 Å². The lowest BCUT2D eigenvalue weighted by atomic mass is 10.3. The summed E-state index contributed by atoms with van der Waals surface area (Å²) in [5.74, 6) is 1.24. The monoisotopic (exact) mass is 312 g/mol. The summed E-state index contributed by atoms with van der Waals surface area (Å²) in [7, 11) is 0. The number of rotatable bonds is 4. The van der Waals surface area contributed by atoms with Crippen LogP contribution in [0.15, 0.2) is 25.3 Å². The van der Waals surface area contributed by atoms with Gasteiger partial charge in [-0.2, -0.15) is 0 Å². The van der Waals surface area contributed by atoms with Crippen LogP contribution in [0.3, 0.4) is 0 Å². The largest absolute Gasteiger partial charge is 0.336 e. The molecule has 4 heterocycles. The van der Waals surface area contributed by atoms with Crippen molar-refractivity contribution in [1.82, 2.24) is 29.9 Å². The van der Waals surface area contributed by atoms with Gasteiger partial charge in [-0.05, 0) is 0 Å². The predicted molar refractivity (Wildman–Crippen MR) is 81.6 cm³/mol. The number of nitrogens with zero attached hydrogens (tertiary/aromatic N) is 6. The van der Waals surface area contributed by atoms with Crippen LogP contribution in [0.5, 0.6) is 0 Å². The molecule has 0 unspecified atom stereocenters. The first-order chi connectivity index (χ1) is 11.2. The number of hydrogen-bond donors (Lipinski definition) is 4. The summed E-state index contributed by atoms with van der Waals surface area (Å²) < 4.78 is 3.78. The Morgan fingerprint density at radius 1 is 0.783 bits per heavy atom. The maximum absolute atomic E-state index is 6.13. The van der Waals surface area contributed by atoms with Gasteiger partial charge in [0.05, 0.1) is 25.7 Å². The highest BCUT2D eigenvalue weighted by Crippen LogP contribution is 2.10. The quantitative estimate of drug-likeness (QED) is 0.358. The standard InChI is InChI=1S/C13H14N10/c14-10-8-12(18-4-16-8)20-6-22(10)2-1-3-23-7-21-13-9(11(23)15)17-5-19-13/h4-7H,1-3H2,(H4,14,15,16,17,18,19)/p+2. The molecule has 0 fully saturated rings. The molecular weight excluding hydrogens is 296 g/mol. The molecule has 0 aliphatic rings. The van der Waals surface area contributed by atoms with E-state index in [2.05, 4.69) is 29.9 Å². The molecule has 0 saturated heterocycles. The Kier molecular flexibility index (Phi) is 3.00. The molecule has 0 aliphatic heterocycles. The molecule has 4 aromatic rings. The van der Waals surface area contributed by atoms with Crippen molar-refractivity contribution in [3.63, 3.8) is 0 Å². The number of fused-ring (bicyclic) bond motifs is 2. The summed E-state index contributed by atoms with van der Waals surface area (Å²) in [6, 6.07) is 0. The highest BCUT2D eigenvalue weighted by atomic mass is 15.1. The van der Waals surface area contributed by atoms with E-state index in [9.17, 15) is 0 Å². The van der Waals surface area contributed by atoms with E-state index in [1.165, 1.54) is 0 Å². The Morgan fingerprint density at radius 2 is 1.26 bits per heavy atom. The van der Waals surface area contributed by atoms with Crippen LogP contribution in [0.2, 0.25) is 0 Å². The van der Waals surface area contributed by atoms with Gasteiger partial charge in [-0.3, -0.25) is 0 Å². The number of hydrogen-bond acceptors (Lipinski definition) is 6.